The molecule has 2 amide bonds. The van der Waals surface area contributed by atoms with Crippen LogP contribution in [0.15, 0.2) is 18.2 Å². The number of amides is 2. The molecule has 114 valence electrons. The second kappa shape index (κ2) is 7.22. The van der Waals surface area contributed by atoms with Gasteiger partial charge in [0.2, 0.25) is 11.8 Å². The van der Waals surface area contributed by atoms with Gasteiger partial charge in [0.15, 0.2) is 0 Å². The average molecular weight is 289 g/mol. The standard InChI is InChI=1S/C16H23N3O2/c1-11-5-3-6-12(2)15(11)19-14(20)10-18-16(21)13-7-4-8-17-9-13/h3,5-6,13,17H,4,7-10H2,1-2H3,(H,18,21)(H,19,20). The lowest BCUT2D eigenvalue weighted by Crippen LogP contribution is -2.43. The van der Waals surface area contributed by atoms with Crippen molar-refractivity contribution >= 4 is 17.5 Å². The summed E-state index contributed by atoms with van der Waals surface area (Å²) in [5.41, 5.74) is 2.87. The molecule has 1 aromatic rings. The third kappa shape index (κ3) is 4.29. The maximum Gasteiger partial charge on any atom is 0.243 e. The second-order valence-electron chi connectivity index (χ2n) is 5.58. The molecule has 1 fully saturated rings. The highest BCUT2D eigenvalue weighted by molar-refractivity contribution is 5.96. The van der Waals surface area contributed by atoms with E-state index in [0.717, 1.165) is 36.2 Å². The number of para-hydroxylation sites is 1. The Hall–Kier alpha value is -1.88. The van der Waals surface area contributed by atoms with Crippen molar-refractivity contribution in [3.8, 4) is 0 Å². The Morgan fingerprint density at radius 2 is 2.00 bits per heavy atom. The SMILES string of the molecule is Cc1cccc(C)c1NC(=O)CNC(=O)C1CCCNC1. The van der Waals surface area contributed by atoms with Crippen LogP contribution < -0.4 is 16.0 Å². The van der Waals surface area contributed by atoms with Crippen LogP contribution in [0.5, 0.6) is 0 Å². The van der Waals surface area contributed by atoms with Gasteiger partial charge in [-0.15, -0.1) is 0 Å². The first-order valence-electron chi connectivity index (χ1n) is 7.42. The van der Waals surface area contributed by atoms with Crippen LogP contribution in [0.3, 0.4) is 0 Å². The van der Waals surface area contributed by atoms with E-state index in [1.807, 2.05) is 32.0 Å². The largest absolute Gasteiger partial charge is 0.347 e. The summed E-state index contributed by atoms with van der Waals surface area (Å²) < 4.78 is 0. The van der Waals surface area contributed by atoms with Gasteiger partial charge in [-0.2, -0.15) is 0 Å². The van der Waals surface area contributed by atoms with E-state index in [-0.39, 0.29) is 24.3 Å². The second-order valence-corrected chi connectivity index (χ2v) is 5.58. The van der Waals surface area contributed by atoms with Gasteiger partial charge in [0.1, 0.15) is 0 Å². The Labute approximate surface area is 125 Å². The minimum atomic E-state index is -0.190. The first kappa shape index (κ1) is 15.5. The number of carbonyl (C=O) groups is 2. The number of carbonyl (C=O) groups excluding carboxylic acids is 2. The van der Waals surface area contributed by atoms with Crippen LogP contribution in [0.4, 0.5) is 5.69 Å². The molecule has 0 aliphatic carbocycles. The van der Waals surface area contributed by atoms with Crippen LogP contribution >= 0.6 is 0 Å². The van der Waals surface area contributed by atoms with Crippen LogP contribution in [-0.2, 0) is 9.59 Å². The van der Waals surface area contributed by atoms with E-state index in [0.29, 0.717) is 6.54 Å². The molecule has 0 aromatic heterocycles. The number of piperidine rings is 1. The van der Waals surface area contributed by atoms with Gasteiger partial charge >= 0.3 is 0 Å². The number of benzene rings is 1. The molecule has 0 bridgehead atoms. The molecule has 1 saturated heterocycles. The highest BCUT2D eigenvalue weighted by Crippen LogP contribution is 2.19. The van der Waals surface area contributed by atoms with E-state index in [2.05, 4.69) is 16.0 Å². The number of aryl methyl sites for hydroxylation is 2. The van der Waals surface area contributed by atoms with Gasteiger partial charge in [-0.3, -0.25) is 9.59 Å². The van der Waals surface area contributed by atoms with Gasteiger partial charge in [-0.05, 0) is 44.4 Å². The van der Waals surface area contributed by atoms with E-state index < -0.39 is 0 Å². The number of nitrogens with one attached hydrogen (secondary N) is 3. The van der Waals surface area contributed by atoms with Gasteiger partial charge in [0.25, 0.3) is 0 Å². The summed E-state index contributed by atoms with van der Waals surface area (Å²) in [5.74, 6) is -0.255. The molecule has 5 nitrogen and oxygen atoms in total. The Morgan fingerprint density at radius 1 is 1.29 bits per heavy atom. The monoisotopic (exact) mass is 289 g/mol. The molecule has 1 aliphatic rings. The summed E-state index contributed by atoms with van der Waals surface area (Å²) in [5, 5.41) is 8.78. The Bertz CT molecular complexity index is 502. The minimum absolute atomic E-state index is 0.0170. The van der Waals surface area contributed by atoms with Crippen molar-refractivity contribution in [2.45, 2.75) is 26.7 Å². The molecule has 0 saturated carbocycles. The molecule has 21 heavy (non-hydrogen) atoms. The van der Waals surface area contributed by atoms with Gasteiger partial charge in [-0.25, -0.2) is 0 Å². The quantitative estimate of drug-likeness (QED) is 0.784. The van der Waals surface area contributed by atoms with Crippen molar-refractivity contribution in [1.82, 2.24) is 10.6 Å². The minimum Gasteiger partial charge on any atom is -0.347 e. The molecule has 5 heteroatoms. The topological polar surface area (TPSA) is 70.2 Å². The third-order valence-corrected chi connectivity index (χ3v) is 3.84. The molecule has 2 rings (SSSR count). The van der Waals surface area contributed by atoms with E-state index in [4.69, 9.17) is 0 Å². The van der Waals surface area contributed by atoms with Crippen LogP contribution in [0.2, 0.25) is 0 Å². The molecule has 1 unspecified atom stereocenters. The molecule has 1 atom stereocenters. The zero-order valence-corrected chi connectivity index (χ0v) is 12.7. The molecule has 3 N–H and O–H groups in total. The molecular formula is C16H23N3O2. The summed E-state index contributed by atoms with van der Waals surface area (Å²) in [4.78, 5) is 23.9. The maximum absolute atomic E-state index is 12.0. The third-order valence-electron chi connectivity index (χ3n) is 3.84. The predicted octanol–water partition coefficient (Wildman–Crippen LogP) is 1.36. The van der Waals surface area contributed by atoms with Crippen molar-refractivity contribution in [1.29, 1.82) is 0 Å². The highest BCUT2D eigenvalue weighted by Gasteiger charge is 2.21. The average Bonchev–Trinajstić information content (AvgIpc) is 2.49. The van der Waals surface area contributed by atoms with Crippen LogP contribution in [0.1, 0.15) is 24.0 Å². The van der Waals surface area contributed by atoms with Gasteiger partial charge in [0.05, 0.1) is 12.5 Å². The van der Waals surface area contributed by atoms with Crippen LogP contribution in [0.25, 0.3) is 0 Å². The van der Waals surface area contributed by atoms with E-state index >= 15 is 0 Å². The van der Waals surface area contributed by atoms with Crippen LogP contribution in [-0.4, -0.2) is 31.4 Å². The highest BCUT2D eigenvalue weighted by atomic mass is 16.2. The van der Waals surface area contributed by atoms with Gasteiger partial charge in [0, 0.05) is 12.2 Å². The first-order valence-corrected chi connectivity index (χ1v) is 7.42. The number of hydrogen-bond acceptors (Lipinski definition) is 3. The van der Waals surface area contributed by atoms with E-state index in [1.165, 1.54) is 0 Å². The summed E-state index contributed by atoms with van der Waals surface area (Å²) >= 11 is 0. The Kier molecular flexibility index (Phi) is 5.33. The van der Waals surface area contributed by atoms with E-state index in [9.17, 15) is 9.59 Å². The molecular weight excluding hydrogens is 266 g/mol. The summed E-state index contributed by atoms with van der Waals surface area (Å²) in [6.45, 7) is 5.59. The normalized spacial score (nSPS) is 18.1. The summed E-state index contributed by atoms with van der Waals surface area (Å²) in [6.07, 6.45) is 1.89. The lowest BCUT2D eigenvalue weighted by Gasteiger charge is -2.21. The molecule has 0 radical (unpaired) electrons. The zero-order valence-electron chi connectivity index (χ0n) is 12.7. The fraction of sp³-hybridized carbons (Fsp3) is 0.500. The Balaban J connectivity index is 1.83. The maximum atomic E-state index is 12.0. The first-order chi connectivity index (χ1) is 10.1. The Morgan fingerprint density at radius 3 is 2.62 bits per heavy atom. The molecule has 0 spiro atoms. The van der Waals surface area contributed by atoms with Crippen LogP contribution in [0, 0.1) is 19.8 Å². The lowest BCUT2D eigenvalue weighted by molar-refractivity contribution is -0.127. The number of hydrogen-bond donors (Lipinski definition) is 3. The van der Waals surface area contributed by atoms with E-state index in [1.54, 1.807) is 0 Å². The molecule has 1 heterocycles. The summed E-state index contributed by atoms with van der Waals surface area (Å²) in [6, 6.07) is 5.86. The number of rotatable bonds is 4. The fourth-order valence-corrected chi connectivity index (χ4v) is 2.58. The van der Waals surface area contributed by atoms with Crippen molar-refractivity contribution in [2.24, 2.45) is 5.92 Å². The zero-order chi connectivity index (χ0) is 15.2. The predicted molar refractivity (Wildman–Crippen MR) is 83.1 cm³/mol. The fourth-order valence-electron chi connectivity index (χ4n) is 2.58. The molecule has 1 aromatic carbocycles. The van der Waals surface area contributed by atoms with Gasteiger partial charge in [-0.1, -0.05) is 18.2 Å². The number of anilines is 1. The van der Waals surface area contributed by atoms with Crippen molar-refractivity contribution in [3.05, 3.63) is 29.3 Å². The molecule has 1 aliphatic heterocycles. The lowest BCUT2D eigenvalue weighted by atomic mass is 9.99. The van der Waals surface area contributed by atoms with Gasteiger partial charge < -0.3 is 16.0 Å². The summed E-state index contributed by atoms with van der Waals surface area (Å²) in [7, 11) is 0. The van der Waals surface area contributed by atoms with Crippen molar-refractivity contribution in [2.75, 3.05) is 25.0 Å². The van der Waals surface area contributed by atoms with Crippen molar-refractivity contribution < 1.29 is 9.59 Å². The van der Waals surface area contributed by atoms with Crippen molar-refractivity contribution in [3.63, 3.8) is 0 Å². The smallest absolute Gasteiger partial charge is 0.243 e.